The number of thiophene rings is 1. The predicted molar refractivity (Wildman–Crippen MR) is 89.2 cm³/mol. The third-order valence-electron chi connectivity index (χ3n) is 4.43. The Morgan fingerprint density at radius 3 is 2.75 bits per heavy atom. The number of carbonyl (C=O) groups is 2. The van der Waals surface area contributed by atoms with E-state index in [1.54, 1.807) is 34.4 Å². The minimum Gasteiger partial charge on any atom is -0.481 e. The lowest BCUT2D eigenvalue weighted by Gasteiger charge is -2.40. The molecule has 0 spiro atoms. The first kappa shape index (κ1) is 16.6. The molecule has 0 radical (unpaired) electrons. The maximum atomic E-state index is 14.3. The van der Waals surface area contributed by atoms with Gasteiger partial charge in [-0.1, -0.05) is 24.3 Å². The number of hydrogen-bond donors (Lipinski definition) is 1. The largest absolute Gasteiger partial charge is 0.481 e. The Morgan fingerprint density at radius 1 is 1.29 bits per heavy atom. The number of hydrogen-bond acceptors (Lipinski definition) is 3. The van der Waals surface area contributed by atoms with Crippen LogP contribution >= 0.6 is 11.3 Å². The summed E-state index contributed by atoms with van der Waals surface area (Å²) < 4.78 is 14.3. The molecule has 24 heavy (non-hydrogen) atoms. The number of nitrogens with zero attached hydrogens (tertiary/aromatic N) is 1. The Labute approximate surface area is 143 Å². The summed E-state index contributed by atoms with van der Waals surface area (Å²) in [6.07, 6.45) is 1.07. The molecule has 126 valence electrons. The first-order valence-electron chi connectivity index (χ1n) is 7.87. The fourth-order valence-corrected chi connectivity index (χ4v) is 3.96. The first-order valence-corrected chi connectivity index (χ1v) is 8.75. The van der Waals surface area contributed by atoms with Crippen molar-refractivity contribution in [3.05, 3.63) is 58.0 Å². The molecule has 0 saturated carbocycles. The Kier molecular flexibility index (Phi) is 4.94. The molecular weight excluding hydrogens is 329 g/mol. The van der Waals surface area contributed by atoms with Gasteiger partial charge in [-0.05, 0) is 30.4 Å². The van der Waals surface area contributed by atoms with Gasteiger partial charge in [0.15, 0.2) is 0 Å². The van der Waals surface area contributed by atoms with E-state index in [4.69, 9.17) is 0 Å². The number of likely N-dealkylation sites (tertiary alicyclic amines) is 1. The minimum atomic E-state index is -0.989. The van der Waals surface area contributed by atoms with Gasteiger partial charge < -0.3 is 10.0 Å². The Hall–Kier alpha value is -2.21. The van der Waals surface area contributed by atoms with Gasteiger partial charge in [0.1, 0.15) is 5.82 Å². The highest BCUT2D eigenvalue weighted by Crippen LogP contribution is 2.38. The number of amides is 1. The molecule has 0 aliphatic carbocycles. The highest BCUT2D eigenvalue weighted by atomic mass is 32.1. The molecule has 1 aliphatic heterocycles. The van der Waals surface area contributed by atoms with Crippen LogP contribution in [0.4, 0.5) is 4.39 Å². The van der Waals surface area contributed by atoms with Crippen LogP contribution in [0, 0.1) is 11.7 Å². The Bertz CT molecular complexity index is 732. The third kappa shape index (κ3) is 3.33. The molecule has 1 N–H and O–H groups in total. The zero-order chi connectivity index (χ0) is 17.1. The van der Waals surface area contributed by atoms with Crippen LogP contribution in [-0.2, 0) is 16.0 Å². The first-order chi connectivity index (χ1) is 11.6. The molecule has 1 amide bonds. The van der Waals surface area contributed by atoms with Crippen molar-refractivity contribution in [2.24, 2.45) is 5.92 Å². The summed E-state index contributed by atoms with van der Waals surface area (Å²) in [5.74, 6) is -2.36. The van der Waals surface area contributed by atoms with Crippen LogP contribution in [0.3, 0.4) is 0 Å². The van der Waals surface area contributed by atoms with E-state index in [0.717, 1.165) is 4.88 Å². The number of carboxylic acid groups (broad SMARTS) is 1. The van der Waals surface area contributed by atoms with E-state index in [2.05, 4.69) is 0 Å². The van der Waals surface area contributed by atoms with E-state index in [0.29, 0.717) is 13.0 Å². The number of piperidine rings is 1. The summed E-state index contributed by atoms with van der Waals surface area (Å²) in [5.41, 5.74) is 0.282. The van der Waals surface area contributed by atoms with Crippen molar-refractivity contribution >= 4 is 23.2 Å². The molecular formula is C18H18FNO3S. The lowest BCUT2D eigenvalue weighted by atomic mass is 9.84. The van der Waals surface area contributed by atoms with Crippen molar-refractivity contribution in [1.82, 2.24) is 4.90 Å². The van der Waals surface area contributed by atoms with Gasteiger partial charge in [-0.3, -0.25) is 9.59 Å². The van der Waals surface area contributed by atoms with E-state index >= 15 is 0 Å². The summed E-state index contributed by atoms with van der Waals surface area (Å²) in [4.78, 5) is 26.8. The van der Waals surface area contributed by atoms with E-state index in [1.165, 1.54) is 6.07 Å². The van der Waals surface area contributed by atoms with Crippen LogP contribution in [0.2, 0.25) is 0 Å². The lowest BCUT2D eigenvalue weighted by Crippen LogP contribution is -2.46. The van der Waals surface area contributed by atoms with Crippen molar-refractivity contribution in [1.29, 1.82) is 0 Å². The van der Waals surface area contributed by atoms with Gasteiger partial charge >= 0.3 is 5.97 Å². The normalized spacial score (nSPS) is 21.0. The molecule has 6 heteroatoms. The Balaban J connectivity index is 1.93. The fraction of sp³-hybridized carbons (Fsp3) is 0.333. The average molecular weight is 347 g/mol. The van der Waals surface area contributed by atoms with Crippen LogP contribution in [0.5, 0.6) is 0 Å². The van der Waals surface area contributed by atoms with Gasteiger partial charge in [0.2, 0.25) is 5.91 Å². The van der Waals surface area contributed by atoms with E-state index < -0.39 is 23.7 Å². The van der Waals surface area contributed by atoms with Crippen molar-refractivity contribution in [2.45, 2.75) is 25.3 Å². The average Bonchev–Trinajstić information content (AvgIpc) is 3.07. The van der Waals surface area contributed by atoms with Gasteiger partial charge in [0.25, 0.3) is 0 Å². The van der Waals surface area contributed by atoms with Crippen LogP contribution in [0.25, 0.3) is 0 Å². The zero-order valence-corrected chi connectivity index (χ0v) is 13.8. The van der Waals surface area contributed by atoms with E-state index in [1.807, 2.05) is 17.5 Å². The molecule has 1 aromatic heterocycles. The molecule has 1 aromatic carbocycles. The SMILES string of the molecule is O=C(O)[C@@H]1CCC(=O)N(CCc2cccs2)[C@H]1c1ccccc1F. The van der Waals surface area contributed by atoms with Gasteiger partial charge in [-0.25, -0.2) is 4.39 Å². The van der Waals surface area contributed by atoms with Crippen molar-refractivity contribution in [2.75, 3.05) is 6.54 Å². The zero-order valence-electron chi connectivity index (χ0n) is 13.0. The predicted octanol–water partition coefficient (Wildman–Crippen LogP) is 3.49. The Morgan fingerprint density at radius 2 is 2.08 bits per heavy atom. The molecule has 1 fully saturated rings. The number of rotatable bonds is 5. The van der Waals surface area contributed by atoms with E-state index in [-0.39, 0.29) is 24.3 Å². The van der Waals surface area contributed by atoms with Gasteiger partial charge in [-0.2, -0.15) is 0 Å². The van der Waals surface area contributed by atoms with Crippen LogP contribution < -0.4 is 0 Å². The monoisotopic (exact) mass is 347 g/mol. The molecule has 4 nitrogen and oxygen atoms in total. The number of halogens is 1. The molecule has 2 aromatic rings. The standard InChI is InChI=1S/C18H18FNO3S/c19-15-6-2-1-5-13(15)17-14(18(22)23)7-8-16(21)20(17)10-9-12-4-3-11-24-12/h1-6,11,14,17H,7-10H2,(H,22,23)/t14-,17+/m1/s1. The number of aliphatic carboxylic acids is 1. The minimum absolute atomic E-state index is 0.114. The second-order valence-electron chi connectivity index (χ2n) is 5.87. The highest BCUT2D eigenvalue weighted by molar-refractivity contribution is 7.09. The molecule has 0 unspecified atom stereocenters. The van der Waals surface area contributed by atoms with Crippen molar-refractivity contribution < 1.29 is 19.1 Å². The summed E-state index contributed by atoms with van der Waals surface area (Å²) in [7, 11) is 0. The molecule has 3 rings (SSSR count). The summed E-state index contributed by atoms with van der Waals surface area (Å²) in [5, 5.41) is 11.5. The molecule has 0 bridgehead atoms. The van der Waals surface area contributed by atoms with Crippen molar-refractivity contribution in [3.8, 4) is 0 Å². The number of benzene rings is 1. The van der Waals surface area contributed by atoms with Crippen LogP contribution in [0.15, 0.2) is 41.8 Å². The van der Waals surface area contributed by atoms with Crippen LogP contribution in [0.1, 0.15) is 29.3 Å². The molecule has 2 heterocycles. The van der Waals surface area contributed by atoms with Crippen molar-refractivity contribution in [3.63, 3.8) is 0 Å². The van der Waals surface area contributed by atoms with Gasteiger partial charge in [0.05, 0.1) is 12.0 Å². The molecule has 2 atom stereocenters. The van der Waals surface area contributed by atoms with E-state index in [9.17, 15) is 19.1 Å². The second kappa shape index (κ2) is 7.13. The van der Waals surface area contributed by atoms with Crippen LogP contribution in [-0.4, -0.2) is 28.4 Å². The summed E-state index contributed by atoms with van der Waals surface area (Å²) >= 11 is 1.59. The summed E-state index contributed by atoms with van der Waals surface area (Å²) in [6, 6.07) is 9.28. The maximum absolute atomic E-state index is 14.3. The van der Waals surface area contributed by atoms with Gasteiger partial charge in [-0.15, -0.1) is 11.3 Å². The summed E-state index contributed by atoms with van der Waals surface area (Å²) in [6.45, 7) is 0.391. The number of carbonyl (C=O) groups excluding carboxylic acids is 1. The maximum Gasteiger partial charge on any atom is 0.308 e. The molecule has 1 aliphatic rings. The lowest BCUT2D eigenvalue weighted by molar-refractivity contribution is -0.152. The number of carboxylic acids is 1. The smallest absolute Gasteiger partial charge is 0.308 e. The van der Waals surface area contributed by atoms with Gasteiger partial charge in [0, 0.05) is 23.4 Å². The molecule has 1 saturated heterocycles. The third-order valence-corrected chi connectivity index (χ3v) is 5.36. The second-order valence-corrected chi connectivity index (χ2v) is 6.90. The topological polar surface area (TPSA) is 57.6 Å². The quantitative estimate of drug-likeness (QED) is 0.901. The highest BCUT2D eigenvalue weighted by Gasteiger charge is 2.41. The fourth-order valence-electron chi connectivity index (χ4n) is 3.26.